The summed E-state index contributed by atoms with van der Waals surface area (Å²) in [6.45, 7) is 4.88. The molecule has 2 rings (SSSR count). The van der Waals surface area contributed by atoms with E-state index in [4.69, 9.17) is 5.73 Å². The van der Waals surface area contributed by atoms with Crippen molar-refractivity contribution >= 4 is 5.91 Å². The molecule has 0 spiro atoms. The van der Waals surface area contributed by atoms with Gasteiger partial charge in [-0.15, -0.1) is 0 Å². The summed E-state index contributed by atoms with van der Waals surface area (Å²) < 4.78 is 1.81. The molecule has 1 aromatic rings. The predicted octanol–water partition coefficient (Wildman–Crippen LogP) is 0.690. The first-order chi connectivity index (χ1) is 9.04. The number of hydrogen-bond acceptors (Lipinski definition) is 4. The van der Waals surface area contributed by atoms with Crippen molar-refractivity contribution in [3.63, 3.8) is 0 Å². The van der Waals surface area contributed by atoms with Crippen LogP contribution in [0, 0.1) is 5.92 Å². The van der Waals surface area contributed by atoms with Gasteiger partial charge in [0.1, 0.15) is 18.2 Å². The molecule has 6 heteroatoms. The molecule has 1 amide bonds. The Hall–Kier alpha value is -1.43. The third kappa shape index (κ3) is 2.94. The van der Waals surface area contributed by atoms with E-state index in [2.05, 4.69) is 29.2 Å². The van der Waals surface area contributed by atoms with Crippen molar-refractivity contribution in [2.24, 2.45) is 11.7 Å². The van der Waals surface area contributed by atoms with Crippen LogP contribution in [-0.2, 0) is 11.3 Å². The fraction of sp³-hybridized carbons (Fsp3) is 0.769. The topological polar surface area (TPSA) is 85.8 Å². The summed E-state index contributed by atoms with van der Waals surface area (Å²) in [6, 6.07) is 0.250. The second-order valence-corrected chi connectivity index (χ2v) is 5.67. The molecule has 0 radical (unpaired) electrons. The number of amides is 1. The monoisotopic (exact) mass is 265 g/mol. The maximum absolute atomic E-state index is 12.0. The molecule has 3 N–H and O–H groups in total. The van der Waals surface area contributed by atoms with Crippen LogP contribution < -0.4 is 11.1 Å². The van der Waals surface area contributed by atoms with E-state index in [9.17, 15) is 4.79 Å². The molecule has 2 atom stereocenters. The van der Waals surface area contributed by atoms with Crippen LogP contribution in [0.5, 0.6) is 0 Å². The van der Waals surface area contributed by atoms with Crippen molar-refractivity contribution in [1.82, 2.24) is 20.1 Å². The van der Waals surface area contributed by atoms with Crippen LogP contribution in [0.2, 0.25) is 0 Å². The van der Waals surface area contributed by atoms with Crippen molar-refractivity contribution in [2.45, 2.75) is 57.7 Å². The van der Waals surface area contributed by atoms with Crippen LogP contribution in [0.25, 0.3) is 0 Å². The minimum absolute atomic E-state index is 0.220. The van der Waals surface area contributed by atoms with E-state index in [0.717, 1.165) is 32.2 Å². The molecule has 1 aliphatic rings. The highest BCUT2D eigenvalue weighted by Gasteiger charge is 2.47. The second-order valence-electron chi connectivity index (χ2n) is 5.67. The average molecular weight is 265 g/mol. The van der Waals surface area contributed by atoms with Crippen molar-refractivity contribution in [3.8, 4) is 0 Å². The van der Waals surface area contributed by atoms with Crippen LogP contribution >= 0.6 is 0 Å². The third-order valence-electron chi connectivity index (χ3n) is 3.98. The van der Waals surface area contributed by atoms with Gasteiger partial charge in [0.2, 0.25) is 5.91 Å². The molecule has 1 fully saturated rings. The van der Waals surface area contributed by atoms with E-state index in [1.165, 1.54) is 6.33 Å². The molecule has 1 aromatic heterocycles. The first-order valence-electron chi connectivity index (χ1n) is 6.94. The van der Waals surface area contributed by atoms with Crippen LogP contribution in [0.1, 0.15) is 39.5 Å². The largest absolute Gasteiger partial charge is 0.368 e. The van der Waals surface area contributed by atoms with E-state index in [1.807, 2.05) is 0 Å². The Balaban J connectivity index is 2.06. The summed E-state index contributed by atoms with van der Waals surface area (Å²) in [5.41, 5.74) is 5.14. The van der Waals surface area contributed by atoms with Crippen LogP contribution in [0.4, 0.5) is 0 Å². The number of nitrogens with zero attached hydrogens (tertiary/aromatic N) is 3. The van der Waals surface area contributed by atoms with E-state index in [-0.39, 0.29) is 17.9 Å². The number of carbonyl (C=O) groups excluding carboxylic acids is 1. The van der Waals surface area contributed by atoms with Gasteiger partial charge in [-0.1, -0.05) is 6.42 Å². The lowest BCUT2D eigenvalue weighted by molar-refractivity contribution is -0.126. The molecular formula is C13H23N5O. The van der Waals surface area contributed by atoms with E-state index < -0.39 is 5.54 Å². The van der Waals surface area contributed by atoms with E-state index in [0.29, 0.717) is 0 Å². The van der Waals surface area contributed by atoms with Gasteiger partial charge in [0.25, 0.3) is 0 Å². The molecule has 0 aliphatic heterocycles. The zero-order chi connectivity index (χ0) is 13.9. The van der Waals surface area contributed by atoms with Crippen molar-refractivity contribution in [1.29, 1.82) is 0 Å². The summed E-state index contributed by atoms with van der Waals surface area (Å²) >= 11 is 0. The molecule has 2 unspecified atom stereocenters. The Labute approximate surface area is 113 Å². The Morgan fingerprint density at radius 2 is 2.42 bits per heavy atom. The molecule has 0 aromatic carbocycles. The summed E-state index contributed by atoms with van der Waals surface area (Å²) in [5, 5.41) is 7.51. The summed E-state index contributed by atoms with van der Waals surface area (Å²) in [6.07, 6.45) is 7.05. The van der Waals surface area contributed by atoms with Gasteiger partial charge < -0.3 is 11.1 Å². The average Bonchev–Trinajstić information content (AvgIpc) is 2.95. The van der Waals surface area contributed by atoms with E-state index in [1.54, 1.807) is 11.0 Å². The van der Waals surface area contributed by atoms with E-state index >= 15 is 0 Å². The zero-order valence-corrected chi connectivity index (χ0v) is 11.7. The van der Waals surface area contributed by atoms with Gasteiger partial charge in [-0.05, 0) is 39.0 Å². The number of carbonyl (C=O) groups is 1. The second kappa shape index (κ2) is 5.69. The van der Waals surface area contributed by atoms with Gasteiger partial charge in [0.05, 0.1) is 0 Å². The predicted molar refractivity (Wildman–Crippen MR) is 72.2 cm³/mol. The SMILES string of the molecule is CC(C)NC1(C(N)=O)CCCC1CCn1cncn1. The standard InChI is InChI=1S/C13H23N5O/c1-10(2)17-13(12(14)19)6-3-4-11(13)5-7-18-9-15-8-16-18/h8-11,17H,3-7H2,1-2H3,(H2,14,19). The lowest BCUT2D eigenvalue weighted by atomic mass is 9.83. The van der Waals surface area contributed by atoms with Gasteiger partial charge in [-0.2, -0.15) is 5.10 Å². The minimum atomic E-state index is -0.547. The number of rotatable bonds is 6. The normalized spacial score (nSPS) is 27.0. The maximum Gasteiger partial charge on any atom is 0.238 e. The van der Waals surface area contributed by atoms with Crippen molar-refractivity contribution < 1.29 is 4.79 Å². The molecule has 0 bridgehead atoms. The number of aromatic nitrogens is 3. The third-order valence-corrected chi connectivity index (χ3v) is 3.98. The highest BCUT2D eigenvalue weighted by Crippen LogP contribution is 2.38. The molecule has 0 saturated heterocycles. The Morgan fingerprint density at radius 3 is 3.00 bits per heavy atom. The number of nitrogens with two attached hydrogens (primary N) is 1. The smallest absolute Gasteiger partial charge is 0.238 e. The summed E-state index contributed by atoms with van der Waals surface area (Å²) in [7, 11) is 0. The Bertz CT molecular complexity index is 417. The fourth-order valence-electron chi connectivity index (χ4n) is 3.21. The molecule has 1 heterocycles. The number of hydrogen-bond donors (Lipinski definition) is 2. The highest BCUT2D eigenvalue weighted by molar-refractivity contribution is 5.85. The molecule has 19 heavy (non-hydrogen) atoms. The maximum atomic E-state index is 12.0. The van der Waals surface area contributed by atoms with Crippen molar-refractivity contribution in [2.75, 3.05) is 0 Å². The van der Waals surface area contributed by atoms with Crippen molar-refractivity contribution in [3.05, 3.63) is 12.7 Å². The quantitative estimate of drug-likeness (QED) is 0.792. The lowest BCUT2D eigenvalue weighted by Crippen LogP contribution is -2.60. The first kappa shape index (κ1) is 14.0. The van der Waals surface area contributed by atoms with Crippen LogP contribution in [0.15, 0.2) is 12.7 Å². The first-order valence-corrected chi connectivity index (χ1v) is 6.94. The lowest BCUT2D eigenvalue weighted by Gasteiger charge is -2.35. The molecule has 1 aliphatic carbocycles. The van der Waals surface area contributed by atoms with Gasteiger partial charge in [-0.3, -0.25) is 9.48 Å². The minimum Gasteiger partial charge on any atom is -0.368 e. The number of aryl methyl sites for hydroxylation is 1. The Kier molecular flexibility index (Phi) is 4.19. The number of nitrogens with one attached hydrogen (secondary N) is 1. The molecule has 106 valence electrons. The Morgan fingerprint density at radius 1 is 1.63 bits per heavy atom. The summed E-state index contributed by atoms with van der Waals surface area (Å²) in [5.74, 6) is 0.0545. The molecule has 6 nitrogen and oxygen atoms in total. The van der Waals surface area contributed by atoms with Crippen LogP contribution in [0.3, 0.4) is 0 Å². The molecular weight excluding hydrogens is 242 g/mol. The van der Waals surface area contributed by atoms with Gasteiger partial charge in [0.15, 0.2) is 0 Å². The fourth-order valence-corrected chi connectivity index (χ4v) is 3.21. The molecule has 1 saturated carbocycles. The van der Waals surface area contributed by atoms with Gasteiger partial charge in [-0.25, -0.2) is 4.98 Å². The van der Waals surface area contributed by atoms with Gasteiger partial charge in [0, 0.05) is 12.6 Å². The zero-order valence-electron chi connectivity index (χ0n) is 11.7. The summed E-state index contributed by atoms with van der Waals surface area (Å²) in [4.78, 5) is 15.9. The van der Waals surface area contributed by atoms with Crippen LogP contribution in [-0.4, -0.2) is 32.3 Å². The number of primary amides is 1. The van der Waals surface area contributed by atoms with Gasteiger partial charge >= 0.3 is 0 Å². The highest BCUT2D eigenvalue weighted by atomic mass is 16.1.